The molecule has 3 aromatic rings. The number of rotatable bonds is 8. The molecule has 11 nitrogen and oxygen atoms in total. The first-order valence-electron chi connectivity index (χ1n) is 12.2. The highest BCUT2D eigenvalue weighted by Crippen LogP contribution is 2.38. The summed E-state index contributed by atoms with van der Waals surface area (Å²) in [5.41, 5.74) is 2.22. The van der Waals surface area contributed by atoms with Crippen LogP contribution in [0, 0.1) is 11.3 Å². The summed E-state index contributed by atoms with van der Waals surface area (Å²) in [7, 11) is 3.64. The van der Waals surface area contributed by atoms with E-state index in [9.17, 15) is 10.4 Å². The zero-order valence-corrected chi connectivity index (χ0v) is 20.6. The minimum atomic E-state index is -0.114. The average Bonchev–Trinajstić information content (AvgIpc) is 3.35. The van der Waals surface area contributed by atoms with Gasteiger partial charge in [0.25, 0.3) is 0 Å². The molecule has 5 rings (SSSR count). The molecule has 3 atom stereocenters. The Kier molecular flexibility index (Phi) is 6.97. The van der Waals surface area contributed by atoms with Crippen molar-refractivity contribution in [2.75, 3.05) is 24.4 Å². The van der Waals surface area contributed by atoms with Gasteiger partial charge < -0.3 is 20.1 Å². The zero-order valence-electron chi connectivity index (χ0n) is 20.6. The molecular formula is C25H31N9O2. The fourth-order valence-electron chi connectivity index (χ4n) is 5.41. The highest BCUT2D eigenvalue weighted by Gasteiger charge is 2.40. The number of aliphatic hydroxyl groups is 1. The zero-order chi connectivity index (χ0) is 25.1. The molecule has 2 aliphatic heterocycles. The molecule has 2 aliphatic rings. The maximum absolute atomic E-state index is 9.28. The van der Waals surface area contributed by atoms with Crippen LogP contribution >= 0.6 is 0 Å². The monoisotopic (exact) mass is 489 g/mol. The number of hydrogen-bond acceptors (Lipinski definition) is 10. The second kappa shape index (κ2) is 10.5. The Hall–Kier alpha value is -3.75. The molecule has 2 fully saturated rings. The van der Waals surface area contributed by atoms with Gasteiger partial charge in [-0.05, 0) is 43.4 Å². The van der Waals surface area contributed by atoms with E-state index in [0.29, 0.717) is 53.0 Å². The van der Waals surface area contributed by atoms with Crippen LogP contribution in [-0.4, -0.2) is 67.4 Å². The first-order chi connectivity index (χ1) is 17.6. The summed E-state index contributed by atoms with van der Waals surface area (Å²) in [6.07, 6.45) is 7.33. The molecule has 188 valence electrons. The fraction of sp³-hybridized carbons (Fsp3) is 0.480. The minimum absolute atomic E-state index is 0.114. The van der Waals surface area contributed by atoms with Crippen molar-refractivity contribution in [1.29, 1.82) is 5.26 Å². The lowest BCUT2D eigenvalue weighted by atomic mass is 9.81. The number of methoxy groups -OCH3 is 1. The summed E-state index contributed by atoms with van der Waals surface area (Å²) in [5.74, 6) is 2.20. The number of aliphatic hydroxyl groups excluding tert-OH is 1. The van der Waals surface area contributed by atoms with Crippen LogP contribution in [0.5, 0.6) is 5.88 Å². The van der Waals surface area contributed by atoms with Crippen molar-refractivity contribution in [2.24, 2.45) is 0 Å². The number of anilines is 3. The number of nitrogens with one attached hydrogen (secondary N) is 2. The number of ether oxygens (including phenoxy) is 1. The molecule has 3 aromatic heterocycles. The number of nitriles is 1. The van der Waals surface area contributed by atoms with Crippen LogP contribution in [0.15, 0.2) is 30.5 Å². The van der Waals surface area contributed by atoms with Gasteiger partial charge in [0.15, 0.2) is 5.82 Å². The molecule has 3 N–H and O–H groups in total. The summed E-state index contributed by atoms with van der Waals surface area (Å²) >= 11 is 0. The van der Waals surface area contributed by atoms with Gasteiger partial charge in [-0.1, -0.05) is 6.42 Å². The van der Waals surface area contributed by atoms with Gasteiger partial charge in [-0.3, -0.25) is 10.00 Å². The molecule has 11 heteroatoms. The number of aromatic amines is 1. The van der Waals surface area contributed by atoms with Gasteiger partial charge in [0, 0.05) is 50.0 Å². The van der Waals surface area contributed by atoms with E-state index in [4.69, 9.17) is 9.72 Å². The smallest absolute Gasteiger partial charge is 0.230 e. The summed E-state index contributed by atoms with van der Waals surface area (Å²) in [6, 6.07) is 10.7. The summed E-state index contributed by atoms with van der Waals surface area (Å²) in [4.78, 5) is 18.3. The Labute approximate surface area is 210 Å². The number of fused-ring (bicyclic) bond motifs is 2. The van der Waals surface area contributed by atoms with E-state index in [-0.39, 0.29) is 6.61 Å². The molecule has 0 spiro atoms. The highest BCUT2D eigenvalue weighted by molar-refractivity contribution is 5.55. The second-order valence-electron chi connectivity index (χ2n) is 9.47. The van der Waals surface area contributed by atoms with E-state index in [1.54, 1.807) is 25.4 Å². The largest absolute Gasteiger partial charge is 0.481 e. The van der Waals surface area contributed by atoms with Crippen molar-refractivity contribution < 1.29 is 9.84 Å². The first-order valence-corrected chi connectivity index (χ1v) is 12.2. The van der Waals surface area contributed by atoms with Crippen LogP contribution in [-0.2, 0) is 13.2 Å². The fourth-order valence-corrected chi connectivity index (χ4v) is 5.41. The SMILES string of the molecule is COc1cc(Nc2cc(CO)[nH]n2)nc(N(C)[C@H]2C[C@H]3CCC[C@@H](C2)N3Cc2ccnc(C#N)c2)n1. The standard InChI is InChI=1S/C25H31N9O2/c1-33(25-29-22(12-24(30-25)36-2)28-23-9-18(15-35)31-32-23)21-10-19-4-3-5-20(11-21)34(19)14-16-6-7-27-17(8-16)13-26/h6-9,12,19-21,35H,3-5,10-11,14-15H2,1-2H3,(H2,28,29,30,31,32)/t19-,20+,21+. The predicted octanol–water partition coefficient (Wildman–Crippen LogP) is 2.73. The Morgan fingerprint density at radius 2 is 2.03 bits per heavy atom. The number of H-pyrrole nitrogens is 1. The lowest BCUT2D eigenvalue weighted by Crippen LogP contribution is -2.56. The van der Waals surface area contributed by atoms with Gasteiger partial charge in [-0.15, -0.1) is 0 Å². The molecular weight excluding hydrogens is 458 g/mol. The van der Waals surface area contributed by atoms with Crippen molar-refractivity contribution in [3.8, 4) is 11.9 Å². The third kappa shape index (κ3) is 5.10. The van der Waals surface area contributed by atoms with Crippen LogP contribution in [0.1, 0.15) is 49.1 Å². The normalized spacial score (nSPS) is 21.6. The Morgan fingerprint density at radius 1 is 1.22 bits per heavy atom. The molecule has 2 saturated heterocycles. The van der Waals surface area contributed by atoms with Crippen LogP contribution < -0.4 is 15.0 Å². The molecule has 0 unspecified atom stereocenters. The van der Waals surface area contributed by atoms with Gasteiger partial charge in [0.1, 0.15) is 17.6 Å². The van der Waals surface area contributed by atoms with Crippen LogP contribution in [0.2, 0.25) is 0 Å². The van der Waals surface area contributed by atoms with E-state index in [1.165, 1.54) is 6.42 Å². The van der Waals surface area contributed by atoms with E-state index in [1.807, 2.05) is 12.1 Å². The number of pyridine rings is 1. The maximum Gasteiger partial charge on any atom is 0.230 e. The third-order valence-electron chi connectivity index (χ3n) is 7.23. The van der Waals surface area contributed by atoms with Crippen molar-refractivity contribution in [1.82, 2.24) is 30.0 Å². The van der Waals surface area contributed by atoms with Crippen molar-refractivity contribution in [2.45, 2.75) is 63.4 Å². The number of aromatic nitrogens is 5. The van der Waals surface area contributed by atoms with Crippen molar-refractivity contribution in [3.63, 3.8) is 0 Å². The van der Waals surface area contributed by atoms with Gasteiger partial charge in [0.2, 0.25) is 11.8 Å². The summed E-state index contributed by atoms with van der Waals surface area (Å²) < 4.78 is 5.45. The van der Waals surface area contributed by atoms with Crippen molar-refractivity contribution in [3.05, 3.63) is 47.4 Å². The van der Waals surface area contributed by atoms with Crippen LogP contribution in [0.3, 0.4) is 0 Å². The maximum atomic E-state index is 9.28. The number of hydrogen-bond donors (Lipinski definition) is 3. The molecule has 2 bridgehead atoms. The molecule has 0 saturated carbocycles. The first kappa shape index (κ1) is 24.0. The predicted molar refractivity (Wildman–Crippen MR) is 134 cm³/mol. The molecule has 0 amide bonds. The molecule has 0 aromatic carbocycles. The van der Waals surface area contributed by atoms with Gasteiger partial charge >= 0.3 is 0 Å². The molecule has 5 heterocycles. The summed E-state index contributed by atoms with van der Waals surface area (Å²) in [5, 5.41) is 28.6. The minimum Gasteiger partial charge on any atom is -0.481 e. The molecule has 36 heavy (non-hydrogen) atoms. The Bertz CT molecular complexity index is 1230. The molecule has 0 radical (unpaired) electrons. The lowest BCUT2D eigenvalue weighted by Gasteiger charge is -2.50. The topological polar surface area (TPSA) is 139 Å². The van der Waals surface area contributed by atoms with E-state index < -0.39 is 0 Å². The number of piperidine rings is 2. The molecule has 0 aliphatic carbocycles. The van der Waals surface area contributed by atoms with E-state index in [2.05, 4.69) is 48.4 Å². The second-order valence-corrected chi connectivity index (χ2v) is 9.47. The Balaban J connectivity index is 1.32. The highest BCUT2D eigenvalue weighted by atomic mass is 16.5. The van der Waals surface area contributed by atoms with E-state index >= 15 is 0 Å². The average molecular weight is 490 g/mol. The van der Waals surface area contributed by atoms with Gasteiger partial charge in [-0.2, -0.15) is 20.3 Å². The Morgan fingerprint density at radius 3 is 2.72 bits per heavy atom. The van der Waals surface area contributed by atoms with Crippen molar-refractivity contribution >= 4 is 17.6 Å². The van der Waals surface area contributed by atoms with Gasteiger partial charge in [0.05, 0.1) is 19.4 Å². The van der Waals surface area contributed by atoms with E-state index in [0.717, 1.165) is 37.8 Å². The van der Waals surface area contributed by atoms with Gasteiger partial charge in [-0.25, -0.2) is 4.98 Å². The number of nitrogens with zero attached hydrogens (tertiary/aromatic N) is 7. The lowest BCUT2D eigenvalue weighted by molar-refractivity contribution is 0.0234. The van der Waals surface area contributed by atoms with Crippen LogP contribution in [0.4, 0.5) is 17.6 Å². The summed E-state index contributed by atoms with van der Waals surface area (Å²) in [6.45, 7) is 0.726. The quantitative estimate of drug-likeness (QED) is 0.433. The third-order valence-corrected chi connectivity index (χ3v) is 7.23. The van der Waals surface area contributed by atoms with Crippen LogP contribution in [0.25, 0.3) is 0 Å².